The van der Waals surface area contributed by atoms with Crippen molar-refractivity contribution >= 4 is 5.91 Å². The Labute approximate surface area is 116 Å². The van der Waals surface area contributed by atoms with Gasteiger partial charge in [-0.15, -0.1) is 0 Å². The predicted molar refractivity (Wildman–Crippen MR) is 77.8 cm³/mol. The highest BCUT2D eigenvalue weighted by molar-refractivity contribution is 5.83. The topological polar surface area (TPSA) is 64.3 Å². The predicted octanol–water partition coefficient (Wildman–Crippen LogP) is 1.85. The Morgan fingerprint density at radius 2 is 2.11 bits per heavy atom. The van der Waals surface area contributed by atoms with Crippen LogP contribution in [0.5, 0.6) is 0 Å². The van der Waals surface area contributed by atoms with Crippen molar-refractivity contribution in [3.63, 3.8) is 0 Å². The molecule has 0 aromatic rings. The molecule has 1 amide bonds. The second-order valence-corrected chi connectivity index (χ2v) is 5.93. The van der Waals surface area contributed by atoms with E-state index in [4.69, 9.17) is 10.5 Å². The molecule has 3 N–H and O–H groups in total. The molecule has 0 radical (unpaired) electrons. The monoisotopic (exact) mass is 268 g/mol. The van der Waals surface area contributed by atoms with Gasteiger partial charge >= 0.3 is 0 Å². The summed E-state index contributed by atoms with van der Waals surface area (Å²) < 4.78 is 5.37. The molecule has 1 aliphatic rings. The molecular formula is C15H28N2O2. The van der Waals surface area contributed by atoms with E-state index in [1.807, 2.05) is 6.92 Å². The number of amides is 1. The highest BCUT2D eigenvalue weighted by Gasteiger charge is 2.39. The number of nitrogens with two attached hydrogens (primary N) is 1. The van der Waals surface area contributed by atoms with E-state index >= 15 is 0 Å². The average Bonchev–Trinajstić information content (AvgIpc) is 2.39. The van der Waals surface area contributed by atoms with E-state index in [1.54, 1.807) is 0 Å². The molecule has 0 spiro atoms. The summed E-state index contributed by atoms with van der Waals surface area (Å²) in [6.07, 6.45) is 4.00. The second-order valence-electron chi connectivity index (χ2n) is 5.93. The summed E-state index contributed by atoms with van der Waals surface area (Å²) in [5.74, 6) is 0.812. The van der Waals surface area contributed by atoms with Gasteiger partial charge in [-0.05, 0) is 38.5 Å². The first kappa shape index (κ1) is 16.2. The maximum Gasteiger partial charge on any atom is 0.227 e. The molecule has 0 bridgehead atoms. The van der Waals surface area contributed by atoms with Crippen LogP contribution in [0.1, 0.15) is 39.5 Å². The Hall–Kier alpha value is -0.870. The molecule has 19 heavy (non-hydrogen) atoms. The molecule has 0 saturated heterocycles. The van der Waals surface area contributed by atoms with E-state index in [0.717, 1.165) is 31.3 Å². The smallest absolute Gasteiger partial charge is 0.227 e. The van der Waals surface area contributed by atoms with Gasteiger partial charge in [0.2, 0.25) is 5.91 Å². The highest BCUT2D eigenvalue weighted by Crippen LogP contribution is 2.38. The zero-order chi connectivity index (χ0) is 14.3. The van der Waals surface area contributed by atoms with Crippen molar-refractivity contribution in [2.45, 2.75) is 39.5 Å². The maximum atomic E-state index is 12.3. The number of nitrogens with one attached hydrogen (secondary N) is 1. The van der Waals surface area contributed by atoms with Gasteiger partial charge < -0.3 is 15.8 Å². The summed E-state index contributed by atoms with van der Waals surface area (Å²) >= 11 is 0. The minimum absolute atomic E-state index is 0.0980. The Kier molecular flexibility index (Phi) is 6.52. The third-order valence-electron chi connectivity index (χ3n) is 3.98. The molecule has 1 saturated carbocycles. The highest BCUT2D eigenvalue weighted by atomic mass is 16.5. The first-order chi connectivity index (χ1) is 9.00. The first-order valence-electron chi connectivity index (χ1n) is 7.20. The van der Waals surface area contributed by atoms with Gasteiger partial charge in [0.15, 0.2) is 0 Å². The Morgan fingerprint density at radius 3 is 2.63 bits per heavy atom. The minimum atomic E-state index is -0.346. The van der Waals surface area contributed by atoms with E-state index in [2.05, 4.69) is 18.8 Å². The zero-order valence-corrected chi connectivity index (χ0v) is 12.3. The fourth-order valence-corrected chi connectivity index (χ4v) is 2.51. The molecule has 0 unspecified atom stereocenters. The molecule has 110 valence electrons. The number of carbonyl (C=O) groups excluding carboxylic acids is 1. The average molecular weight is 268 g/mol. The van der Waals surface area contributed by atoms with Gasteiger partial charge in [-0.1, -0.05) is 19.1 Å². The zero-order valence-electron chi connectivity index (χ0n) is 12.3. The normalized spacial score (nSPS) is 27.0. The van der Waals surface area contributed by atoms with Gasteiger partial charge in [0, 0.05) is 13.1 Å². The van der Waals surface area contributed by atoms with E-state index in [9.17, 15) is 4.79 Å². The Bertz CT molecular complexity index is 307. The lowest BCUT2D eigenvalue weighted by atomic mass is 9.70. The van der Waals surface area contributed by atoms with Crippen LogP contribution in [0, 0.1) is 11.3 Å². The lowest BCUT2D eigenvalue weighted by Crippen LogP contribution is -2.48. The molecule has 0 aliphatic heterocycles. The van der Waals surface area contributed by atoms with Crippen molar-refractivity contribution in [2.24, 2.45) is 17.1 Å². The number of hydrogen-bond donors (Lipinski definition) is 2. The molecule has 4 nitrogen and oxygen atoms in total. The van der Waals surface area contributed by atoms with Gasteiger partial charge in [-0.3, -0.25) is 4.79 Å². The summed E-state index contributed by atoms with van der Waals surface area (Å²) in [5.41, 5.74) is 6.50. The third-order valence-corrected chi connectivity index (χ3v) is 3.98. The van der Waals surface area contributed by atoms with Crippen LogP contribution in [-0.4, -0.2) is 32.2 Å². The molecule has 1 fully saturated rings. The fraction of sp³-hybridized carbons (Fsp3) is 0.800. The summed E-state index contributed by atoms with van der Waals surface area (Å²) in [6, 6.07) is 0. The fourth-order valence-electron chi connectivity index (χ4n) is 2.51. The largest absolute Gasteiger partial charge is 0.375 e. The van der Waals surface area contributed by atoms with Gasteiger partial charge in [0.05, 0.1) is 18.6 Å². The quantitative estimate of drug-likeness (QED) is 0.547. The van der Waals surface area contributed by atoms with Crippen LogP contribution in [0.2, 0.25) is 0 Å². The maximum absolute atomic E-state index is 12.3. The molecule has 1 aliphatic carbocycles. The first-order valence-corrected chi connectivity index (χ1v) is 7.20. The van der Waals surface area contributed by atoms with Crippen LogP contribution in [0.3, 0.4) is 0 Å². The molecule has 1 rings (SSSR count). The van der Waals surface area contributed by atoms with E-state index in [-0.39, 0.29) is 11.3 Å². The second kappa shape index (κ2) is 7.65. The molecular weight excluding hydrogens is 240 g/mol. The molecule has 0 heterocycles. The van der Waals surface area contributed by atoms with Crippen molar-refractivity contribution in [2.75, 3.05) is 26.3 Å². The number of rotatable bonds is 7. The lowest BCUT2D eigenvalue weighted by Gasteiger charge is -2.37. The van der Waals surface area contributed by atoms with Crippen LogP contribution in [0.25, 0.3) is 0 Å². The minimum Gasteiger partial charge on any atom is -0.375 e. The van der Waals surface area contributed by atoms with Gasteiger partial charge in [0.1, 0.15) is 0 Å². The summed E-state index contributed by atoms with van der Waals surface area (Å²) in [5, 5.41) is 2.96. The Morgan fingerprint density at radius 1 is 1.47 bits per heavy atom. The van der Waals surface area contributed by atoms with E-state index in [1.165, 1.54) is 0 Å². The third kappa shape index (κ3) is 4.96. The summed E-state index contributed by atoms with van der Waals surface area (Å²) in [6.45, 7) is 9.99. The van der Waals surface area contributed by atoms with Gasteiger partial charge in [-0.25, -0.2) is 0 Å². The van der Waals surface area contributed by atoms with E-state index < -0.39 is 0 Å². The Balaban J connectivity index is 2.32. The van der Waals surface area contributed by atoms with E-state index in [0.29, 0.717) is 32.2 Å². The van der Waals surface area contributed by atoms with Crippen LogP contribution in [-0.2, 0) is 9.53 Å². The SMILES string of the molecule is C=C(C)COCCNC(=O)C1(CN)CCC(C)CC1. The standard InChI is InChI=1S/C15H28N2O2/c1-12(2)10-19-9-8-17-14(18)15(11-16)6-4-13(3)5-7-15/h13H,1,4-11,16H2,2-3H3,(H,17,18). The van der Waals surface area contributed by atoms with Crippen molar-refractivity contribution in [1.82, 2.24) is 5.32 Å². The van der Waals surface area contributed by atoms with Crippen molar-refractivity contribution < 1.29 is 9.53 Å². The summed E-state index contributed by atoms with van der Waals surface area (Å²) in [7, 11) is 0. The number of hydrogen-bond acceptors (Lipinski definition) is 3. The van der Waals surface area contributed by atoms with Crippen LogP contribution in [0.15, 0.2) is 12.2 Å². The molecule has 0 atom stereocenters. The van der Waals surface area contributed by atoms with Crippen LogP contribution >= 0.6 is 0 Å². The molecule has 0 aromatic heterocycles. The molecule has 0 aromatic carbocycles. The lowest BCUT2D eigenvalue weighted by molar-refractivity contribution is -0.133. The van der Waals surface area contributed by atoms with Crippen molar-refractivity contribution in [1.29, 1.82) is 0 Å². The van der Waals surface area contributed by atoms with Crippen LogP contribution < -0.4 is 11.1 Å². The van der Waals surface area contributed by atoms with Crippen LogP contribution in [0.4, 0.5) is 0 Å². The summed E-state index contributed by atoms with van der Waals surface area (Å²) in [4.78, 5) is 12.3. The van der Waals surface area contributed by atoms with Crippen molar-refractivity contribution in [3.8, 4) is 0 Å². The number of carbonyl (C=O) groups is 1. The molecule has 4 heteroatoms. The van der Waals surface area contributed by atoms with Crippen molar-refractivity contribution in [3.05, 3.63) is 12.2 Å². The number of ether oxygens (including phenoxy) is 1. The van der Waals surface area contributed by atoms with Gasteiger partial charge in [0.25, 0.3) is 0 Å². The van der Waals surface area contributed by atoms with Gasteiger partial charge in [-0.2, -0.15) is 0 Å².